The van der Waals surface area contributed by atoms with Gasteiger partial charge in [-0.3, -0.25) is 10.3 Å². The van der Waals surface area contributed by atoms with E-state index in [2.05, 4.69) is 103 Å². The van der Waals surface area contributed by atoms with Crippen molar-refractivity contribution in [1.82, 2.24) is 9.80 Å². The molecule has 0 aromatic heterocycles. The molecule has 164 valence electrons. The highest BCUT2D eigenvalue weighted by Gasteiger charge is 2.20. The minimum Gasteiger partial charge on any atom is -0.358 e. The second-order valence-corrected chi connectivity index (χ2v) is 9.02. The normalized spacial score (nSPS) is 15.7. The lowest BCUT2D eigenvalue weighted by Gasteiger charge is -2.36. The van der Waals surface area contributed by atoms with Crippen LogP contribution in [0, 0.1) is 5.41 Å². The molecular weight excluding hydrogens is 398 g/mol. The number of amidine groups is 1. The number of allylic oxidation sites excluding steroid dienone is 3. The van der Waals surface area contributed by atoms with Crippen LogP contribution in [-0.4, -0.2) is 54.1 Å². The fourth-order valence-electron chi connectivity index (χ4n) is 3.90. The first-order valence-corrected chi connectivity index (χ1v) is 12.3. The molecule has 0 bridgehead atoms. The summed E-state index contributed by atoms with van der Waals surface area (Å²) in [5.74, 6) is 1.78. The third kappa shape index (κ3) is 7.12. The molecule has 31 heavy (non-hydrogen) atoms. The van der Waals surface area contributed by atoms with E-state index in [0.29, 0.717) is 5.25 Å². The van der Waals surface area contributed by atoms with Gasteiger partial charge in [0.2, 0.25) is 0 Å². The van der Waals surface area contributed by atoms with Crippen LogP contribution in [-0.2, 0) is 0 Å². The molecule has 3 rings (SSSR count). The Morgan fingerprint density at radius 2 is 1.55 bits per heavy atom. The Hall–Kier alpha value is -2.30. The minimum absolute atomic E-state index is 0.332. The molecule has 0 radical (unpaired) electrons. The summed E-state index contributed by atoms with van der Waals surface area (Å²) in [6.45, 7) is 9.14. The Bertz CT molecular complexity index is 813. The standard InChI is InChI=1S/C27H35N3S/c1-3-5-12-23(21-29-17-19-30(20-18-29)26(28)4-2)22-31-27(24-13-8-6-9-14-24)25-15-10-7-11-16-25/h3,5-16,27-28H,4,17-22H2,1-2H3/b5-3-,23-12-,28-26?. The van der Waals surface area contributed by atoms with Crippen molar-refractivity contribution in [2.45, 2.75) is 25.5 Å². The fraction of sp³-hybridized carbons (Fsp3) is 0.370. The predicted molar refractivity (Wildman–Crippen MR) is 136 cm³/mol. The van der Waals surface area contributed by atoms with E-state index < -0.39 is 0 Å². The van der Waals surface area contributed by atoms with E-state index >= 15 is 0 Å². The van der Waals surface area contributed by atoms with Gasteiger partial charge in [0, 0.05) is 44.9 Å². The molecular formula is C27H35N3S. The quantitative estimate of drug-likeness (QED) is 0.298. The first kappa shape index (κ1) is 23.4. The minimum atomic E-state index is 0.332. The van der Waals surface area contributed by atoms with Crippen molar-refractivity contribution in [3.8, 4) is 0 Å². The van der Waals surface area contributed by atoms with Crippen LogP contribution in [0.25, 0.3) is 0 Å². The monoisotopic (exact) mass is 433 g/mol. The summed E-state index contributed by atoms with van der Waals surface area (Å²) < 4.78 is 0. The molecule has 0 atom stereocenters. The number of nitrogens with zero attached hydrogens (tertiary/aromatic N) is 2. The smallest absolute Gasteiger partial charge is 0.0955 e. The molecule has 1 fully saturated rings. The lowest BCUT2D eigenvalue weighted by Crippen LogP contribution is -2.48. The highest BCUT2D eigenvalue weighted by Crippen LogP contribution is 2.36. The molecule has 1 N–H and O–H groups in total. The number of thioether (sulfide) groups is 1. The molecule has 3 nitrogen and oxygen atoms in total. The van der Waals surface area contributed by atoms with Crippen LogP contribution in [0.4, 0.5) is 0 Å². The molecule has 0 aliphatic carbocycles. The molecule has 0 spiro atoms. The Morgan fingerprint density at radius 3 is 2.06 bits per heavy atom. The predicted octanol–water partition coefficient (Wildman–Crippen LogP) is 6.02. The van der Waals surface area contributed by atoms with Crippen molar-refractivity contribution in [3.05, 3.63) is 95.6 Å². The van der Waals surface area contributed by atoms with Crippen molar-refractivity contribution in [3.63, 3.8) is 0 Å². The second kappa shape index (κ2) is 12.5. The van der Waals surface area contributed by atoms with Crippen molar-refractivity contribution in [2.75, 3.05) is 38.5 Å². The van der Waals surface area contributed by atoms with Crippen LogP contribution in [0.5, 0.6) is 0 Å². The van der Waals surface area contributed by atoms with Gasteiger partial charge in [0.1, 0.15) is 0 Å². The molecule has 1 saturated heterocycles. The lowest BCUT2D eigenvalue weighted by molar-refractivity contribution is 0.192. The first-order valence-electron chi connectivity index (χ1n) is 11.3. The van der Waals surface area contributed by atoms with Gasteiger partial charge in [0.15, 0.2) is 0 Å². The fourth-order valence-corrected chi connectivity index (χ4v) is 5.16. The number of piperazine rings is 1. The summed E-state index contributed by atoms with van der Waals surface area (Å²) in [5, 5.41) is 8.42. The van der Waals surface area contributed by atoms with E-state index in [0.717, 1.165) is 50.7 Å². The van der Waals surface area contributed by atoms with Crippen LogP contribution in [0.2, 0.25) is 0 Å². The van der Waals surface area contributed by atoms with Gasteiger partial charge in [0.25, 0.3) is 0 Å². The van der Waals surface area contributed by atoms with Crippen LogP contribution in [0.1, 0.15) is 36.6 Å². The van der Waals surface area contributed by atoms with Gasteiger partial charge in [-0.25, -0.2) is 0 Å². The van der Waals surface area contributed by atoms with E-state index in [-0.39, 0.29) is 0 Å². The van der Waals surface area contributed by atoms with E-state index in [1.165, 1.54) is 16.7 Å². The molecule has 2 aromatic carbocycles. The molecule has 1 heterocycles. The summed E-state index contributed by atoms with van der Waals surface area (Å²) in [6, 6.07) is 21.7. The molecule has 1 aliphatic rings. The largest absolute Gasteiger partial charge is 0.358 e. The molecule has 0 unspecified atom stereocenters. The maximum Gasteiger partial charge on any atom is 0.0955 e. The second-order valence-electron chi connectivity index (χ2n) is 7.93. The number of benzene rings is 2. The zero-order chi connectivity index (χ0) is 21.9. The van der Waals surface area contributed by atoms with Gasteiger partial charge in [-0.1, -0.05) is 85.8 Å². The maximum absolute atomic E-state index is 8.09. The molecule has 0 saturated carbocycles. The summed E-state index contributed by atoms with van der Waals surface area (Å²) in [6.07, 6.45) is 7.39. The van der Waals surface area contributed by atoms with Gasteiger partial charge in [-0.05, 0) is 23.6 Å². The first-order chi connectivity index (χ1) is 15.2. The maximum atomic E-state index is 8.09. The number of hydrogen-bond donors (Lipinski definition) is 1. The molecule has 4 heteroatoms. The SMILES string of the molecule is C/C=C\C=C(/CSC(c1ccccc1)c1ccccc1)CN1CCN(C(=N)CC)CC1. The van der Waals surface area contributed by atoms with Crippen LogP contribution < -0.4 is 0 Å². The number of hydrogen-bond acceptors (Lipinski definition) is 3. The zero-order valence-corrected chi connectivity index (χ0v) is 19.7. The van der Waals surface area contributed by atoms with Crippen LogP contribution in [0.15, 0.2) is 84.5 Å². The van der Waals surface area contributed by atoms with Crippen LogP contribution in [0.3, 0.4) is 0 Å². The summed E-state index contributed by atoms with van der Waals surface area (Å²) >= 11 is 2.01. The van der Waals surface area contributed by atoms with Crippen molar-refractivity contribution in [2.24, 2.45) is 0 Å². The van der Waals surface area contributed by atoms with Gasteiger partial charge in [-0.15, -0.1) is 11.8 Å². The van der Waals surface area contributed by atoms with Crippen LogP contribution >= 0.6 is 11.8 Å². The zero-order valence-electron chi connectivity index (χ0n) is 18.8. The Kier molecular flexibility index (Phi) is 9.44. The van der Waals surface area contributed by atoms with Crippen molar-refractivity contribution >= 4 is 17.6 Å². The van der Waals surface area contributed by atoms with Crippen molar-refractivity contribution < 1.29 is 0 Å². The lowest BCUT2D eigenvalue weighted by atomic mass is 10.0. The van der Waals surface area contributed by atoms with E-state index in [1.54, 1.807) is 0 Å². The van der Waals surface area contributed by atoms with Crippen molar-refractivity contribution in [1.29, 1.82) is 5.41 Å². The molecule has 2 aromatic rings. The highest BCUT2D eigenvalue weighted by atomic mass is 32.2. The third-order valence-corrected chi connectivity index (χ3v) is 7.10. The van der Waals surface area contributed by atoms with Gasteiger partial charge >= 0.3 is 0 Å². The number of nitrogens with one attached hydrogen (secondary N) is 1. The number of rotatable bonds is 9. The molecule has 1 aliphatic heterocycles. The van der Waals surface area contributed by atoms with Gasteiger partial charge < -0.3 is 4.90 Å². The summed E-state index contributed by atoms with van der Waals surface area (Å²) in [7, 11) is 0. The Balaban J connectivity index is 1.66. The van der Waals surface area contributed by atoms with Gasteiger partial charge in [-0.2, -0.15) is 0 Å². The highest BCUT2D eigenvalue weighted by molar-refractivity contribution is 7.99. The topological polar surface area (TPSA) is 30.3 Å². The van der Waals surface area contributed by atoms with E-state index in [9.17, 15) is 0 Å². The van der Waals surface area contributed by atoms with E-state index in [4.69, 9.17) is 5.41 Å². The Morgan fingerprint density at radius 1 is 0.968 bits per heavy atom. The average molecular weight is 434 g/mol. The summed E-state index contributed by atoms with van der Waals surface area (Å²) in [5.41, 5.74) is 4.17. The average Bonchev–Trinajstić information content (AvgIpc) is 2.83. The molecule has 0 amide bonds. The van der Waals surface area contributed by atoms with Gasteiger partial charge in [0.05, 0.1) is 11.1 Å². The Labute approximate surface area is 192 Å². The third-order valence-electron chi connectivity index (χ3n) is 5.68. The summed E-state index contributed by atoms with van der Waals surface area (Å²) in [4.78, 5) is 4.76. The van der Waals surface area contributed by atoms with E-state index in [1.807, 2.05) is 11.8 Å².